The SMILES string of the molecule is CC(C)(C)OC(=O)[C@@H]1CCCN1C[C@H]1C[C@@H](c2ccc(CO)cc2)O[C@@H](c2cccc(NC(=O)CCC(=O)O)c2)O1. The topological polar surface area (TPSA) is 135 Å². The van der Waals surface area contributed by atoms with Crippen LogP contribution in [0.3, 0.4) is 0 Å². The highest BCUT2D eigenvalue weighted by Gasteiger charge is 2.39. The van der Waals surface area contributed by atoms with Gasteiger partial charge in [-0.15, -0.1) is 0 Å². The van der Waals surface area contributed by atoms with Gasteiger partial charge in [0.1, 0.15) is 11.6 Å². The third-order valence-corrected chi connectivity index (χ3v) is 7.10. The number of esters is 1. The molecule has 2 aromatic rings. The van der Waals surface area contributed by atoms with E-state index < -0.39 is 23.8 Å². The van der Waals surface area contributed by atoms with Crippen molar-refractivity contribution in [3.05, 3.63) is 65.2 Å². The maximum Gasteiger partial charge on any atom is 0.323 e. The number of amides is 1. The van der Waals surface area contributed by atoms with Crippen molar-refractivity contribution in [2.45, 2.75) is 89.6 Å². The van der Waals surface area contributed by atoms with Gasteiger partial charge in [-0.1, -0.05) is 36.4 Å². The van der Waals surface area contributed by atoms with Crippen LogP contribution >= 0.6 is 0 Å². The molecule has 2 saturated heterocycles. The number of rotatable bonds is 10. The van der Waals surface area contributed by atoms with Crippen molar-refractivity contribution in [1.82, 2.24) is 4.90 Å². The predicted molar refractivity (Wildman–Crippen MR) is 151 cm³/mol. The molecule has 41 heavy (non-hydrogen) atoms. The first-order valence-electron chi connectivity index (χ1n) is 14.1. The molecule has 3 N–H and O–H groups in total. The number of aliphatic hydroxyl groups excluding tert-OH is 1. The summed E-state index contributed by atoms with van der Waals surface area (Å²) in [5, 5.41) is 21.1. The fourth-order valence-electron chi connectivity index (χ4n) is 5.18. The first-order valence-corrected chi connectivity index (χ1v) is 14.1. The Labute approximate surface area is 240 Å². The number of carboxylic acid groups (broad SMARTS) is 1. The van der Waals surface area contributed by atoms with E-state index in [2.05, 4.69) is 10.2 Å². The van der Waals surface area contributed by atoms with E-state index in [1.54, 1.807) is 18.2 Å². The molecule has 1 amide bonds. The maximum atomic E-state index is 12.9. The minimum atomic E-state index is -1.03. The second-order valence-corrected chi connectivity index (χ2v) is 11.6. The Balaban J connectivity index is 1.53. The Morgan fingerprint density at radius 3 is 2.49 bits per heavy atom. The number of anilines is 1. The van der Waals surface area contributed by atoms with Crippen LogP contribution in [-0.2, 0) is 35.2 Å². The number of carboxylic acids is 1. The number of likely N-dealkylation sites (tertiary alicyclic amines) is 1. The summed E-state index contributed by atoms with van der Waals surface area (Å²) in [6.45, 7) is 6.85. The predicted octanol–water partition coefficient (Wildman–Crippen LogP) is 4.33. The number of ether oxygens (including phenoxy) is 3. The van der Waals surface area contributed by atoms with Crippen LogP contribution in [0.4, 0.5) is 5.69 Å². The van der Waals surface area contributed by atoms with Gasteiger partial charge in [-0.05, 0) is 63.4 Å². The quantitative estimate of drug-likeness (QED) is 0.358. The third-order valence-electron chi connectivity index (χ3n) is 7.10. The second-order valence-electron chi connectivity index (χ2n) is 11.6. The highest BCUT2D eigenvalue weighted by atomic mass is 16.7. The van der Waals surface area contributed by atoms with Gasteiger partial charge in [0.2, 0.25) is 5.91 Å². The molecule has 4 atom stereocenters. The summed E-state index contributed by atoms with van der Waals surface area (Å²) in [5.74, 6) is -1.65. The monoisotopic (exact) mass is 568 g/mol. The molecule has 0 saturated carbocycles. The van der Waals surface area contributed by atoms with Crippen molar-refractivity contribution in [3.8, 4) is 0 Å². The lowest BCUT2D eigenvalue weighted by molar-refractivity contribution is -0.253. The van der Waals surface area contributed by atoms with Crippen LogP contribution in [0.2, 0.25) is 0 Å². The number of aliphatic carboxylic acids is 1. The zero-order valence-electron chi connectivity index (χ0n) is 23.9. The highest BCUT2D eigenvalue weighted by Crippen LogP contribution is 2.39. The van der Waals surface area contributed by atoms with Crippen molar-refractivity contribution < 1.29 is 38.8 Å². The number of carbonyl (C=O) groups excluding carboxylic acids is 2. The molecule has 10 nitrogen and oxygen atoms in total. The minimum Gasteiger partial charge on any atom is -0.481 e. The lowest BCUT2D eigenvalue weighted by Crippen LogP contribution is -2.45. The molecule has 222 valence electrons. The smallest absolute Gasteiger partial charge is 0.323 e. The van der Waals surface area contributed by atoms with Crippen molar-refractivity contribution in [2.24, 2.45) is 0 Å². The summed E-state index contributed by atoms with van der Waals surface area (Å²) >= 11 is 0. The van der Waals surface area contributed by atoms with Crippen molar-refractivity contribution >= 4 is 23.5 Å². The molecule has 0 bridgehead atoms. The number of carbonyl (C=O) groups is 3. The average Bonchev–Trinajstić information content (AvgIpc) is 3.39. The molecule has 10 heteroatoms. The summed E-state index contributed by atoms with van der Waals surface area (Å²) in [7, 11) is 0. The van der Waals surface area contributed by atoms with Gasteiger partial charge in [0, 0.05) is 30.6 Å². The van der Waals surface area contributed by atoms with Crippen LogP contribution in [0.25, 0.3) is 0 Å². The Morgan fingerprint density at radius 2 is 1.80 bits per heavy atom. The molecule has 2 aliphatic heterocycles. The molecule has 2 heterocycles. The standard InChI is InChI=1S/C31H40N2O8/c1-31(2,3)41-29(38)25-8-5-15-33(25)18-24-17-26(21-11-9-20(19-34)10-12-21)40-30(39-24)22-6-4-7-23(16-22)32-27(35)13-14-28(36)37/h4,6-7,9-12,16,24-26,30,34H,5,8,13-15,17-19H2,1-3H3,(H,32,35)(H,36,37)/t24-,25+,26+,30+/m1/s1. The Bertz CT molecular complexity index is 1210. The summed E-state index contributed by atoms with van der Waals surface area (Å²) in [6.07, 6.45) is 0.519. The fraction of sp³-hybridized carbons (Fsp3) is 0.516. The number of hydrogen-bond acceptors (Lipinski definition) is 8. The summed E-state index contributed by atoms with van der Waals surface area (Å²) in [5.41, 5.74) is 2.40. The van der Waals surface area contributed by atoms with Gasteiger partial charge >= 0.3 is 11.9 Å². The van der Waals surface area contributed by atoms with Crippen LogP contribution in [0, 0.1) is 0 Å². The maximum absolute atomic E-state index is 12.9. The van der Waals surface area contributed by atoms with Gasteiger partial charge in [-0.2, -0.15) is 0 Å². The number of aliphatic hydroxyl groups is 1. The lowest BCUT2D eigenvalue weighted by Gasteiger charge is -2.38. The van der Waals surface area contributed by atoms with E-state index in [0.717, 1.165) is 30.5 Å². The van der Waals surface area contributed by atoms with E-state index in [1.807, 2.05) is 51.1 Å². The van der Waals surface area contributed by atoms with E-state index in [9.17, 15) is 19.5 Å². The van der Waals surface area contributed by atoms with Crippen molar-refractivity contribution in [2.75, 3.05) is 18.4 Å². The van der Waals surface area contributed by atoms with Gasteiger partial charge in [-0.25, -0.2) is 0 Å². The van der Waals surface area contributed by atoms with Gasteiger partial charge in [0.25, 0.3) is 0 Å². The molecule has 0 radical (unpaired) electrons. The van der Waals surface area contributed by atoms with Crippen LogP contribution in [0.1, 0.15) is 82.0 Å². The Kier molecular flexibility index (Phi) is 10.1. The zero-order chi connectivity index (χ0) is 29.6. The van der Waals surface area contributed by atoms with Crippen LogP contribution in [0.15, 0.2) is 48.5 Å². The number of hydrogen-bond donors (Lipinski definition) is 3. The molecule has 0 aliphatic carbocycles. The number of benzene rings is 2. The largest absolute Gasteiger partial charge is 0.481 e. The Hall–Kier alpha value is -3.31. The lowest BCUT2D eigenvalue weighted by atomic mass is 9.99. The van der Waals surface area contributed by atoms with Crippen LogP contribution < -0.4 is 5.32 Å². The molecule has 2 aromatic carbocycles. The molecule has 0 spiro atoms. The molecular weight excluding hydrogens is 528 g/mol. The normalized spacial score (nSPS) is 23.2. The molecule has 4 rings (SSSR count). The van der Waals surface area contributed by atoms with E-state index in [4.69, 9.17) is 19.3 Å². The van der Waals surface area contributed by atoms with E-state index in [1.165, 1.54) is 0 Å². The van der Waals surface area contributed by atoms with Crippen LogP contribution in [-0.4, -0.2) is 63.8 Å². The highest BCUT2D eigenvalue weighted by molar-refractivity contribution is 5.92. The first-order chi connectivity index (χ1) is 19.5. The van der Waals surface area contributed by atoms with Gasteiger partial charge in [0.15, 0.2) is 6.29 Å². The molecule has 0 aromatic heterocycles. The van der Waals surface area contributed by atoms with Gasteiger partial charge < -0.3 is 29.7 Å². The zero-order valence-corrected chi connectivity index (χ0v) is 23.9. The van der Waals surface area contributed by atoms with Gasteiger partial charge in [-0.3, -0.25) is 19.3 Å². The Morgan fingerprint density at radius 1 is 1.05 bits per heavy atom. The van der Waals surface area contributed by atoms with Crippen LogP contribution in [0.5, 0.6) is 0 Å². The molecule has 2 aliphatic rings. The van der Waals surface area contributed by atoms with E-state index >= 15 is 0 Å². The third kappa shape index (κ3) is 8.84. The number of nitrogens with zero attached hydrogens (tertiary/aromatic N) is 1. The molecule has 2 fully saturated rings. The van der Waals surface area contributed by atoms with E-state index in [0.29, 0.717) is 24.2 Å². The van der Waals surface area contributed by atoms with Crippen molar-refractivity contribution in [1.29, 1.82) is 0 Å². The number of nitrogens with one attached hydrogen (secondary N) is 1. The molecule has 0 unspecified atom stereocenters. The molecular formula is C31H40N2O8. The summed E-state index contributed by atoms with van der Waals surface area (Å²) in [4.78, 5) is 38.1. The average molecular weight is 569 g/mol. The van der Waals surface area contributed by atoms with Gasteiger partial charge in [0.05, 0.1) is 25.2 Å². The first kappa shape index (κ1) is 30.6. The summed E-state index contributed by atoms with van der Waals surface area (Å²) in [6, 6.07) is 14.4. The van der Waals surface area contributed by atoms with Crippen molar-refractivity contribution in [3.63, 3.8) is 0 Å². The summed E-state index contributed by atoms with van der Waals surface area (Å²) < 4.78 is 18.6. The fourth-order valence-corrected chi connectivity index (χ4v) is 5.18. The second kappa shape index (κ2) is 13.6. The minimum absolute atomic E-state index is 0.0494. The van der Waals surface area contributed by atoms with E-state index in [-0.39, 0.29) is 43.7 Å².